The van der Waals surface area contributed by atoms with Crippen molar-refractivity contribution >= 4 is 19.3 Å². The van der Waals surface area contributed by atoms with E-state index in [1.54, 1.807) is 0 Å². The maximum Gasteiger partial charge on any atom is 0.413 e. The molecule has 3 heteroatoms. The standard InChI is InChI=1S/C16H33OPS/c1-12(11-14(2,3)4)10-13(15(5,6)7)16(8,9)18(17)19/h12-13H,10-11H2,1-9H3/p+1. The van der Waals surface area contributed by atoms with E-state index in [1.165, 1.54) is 6.42 Å². The smallest absolute Gasteiger partial charge is 0.0625 e. The van der Waals surface area contributed by atoms with Crippen LogP contribution in [0.2, 0.25) is 0 Å². The molecule has 0 aliphatic carbocycles. The van der Waals surface area contributed by atoms with E-state index in [2.05, 4.69) is 74.6 Å². The molecule has 0 aromatic carbocycles. The van der Waals surface area contributed by atoms with Gasteiger partial charge in [-0.25, -0.2) is 0 Å². The van der Waals surface area contributed by atoms with Crippen LogP contribution in [0.5, 0.6) is 0 Å². The highest BCUT2D eigenvalue weighted by molar-refractivity contribution is 8.41. The van der Waals surface area contributed by atoms with Crippen LogP contribution in [0, 0.1) is 22.7 Å². The van der Waals surface area contributed by atoms with Crippen LogP contribution in [-0.4, -0.2) is 5.16 Å². The molecule has 0 aromatic rings. The number of hydrogen-bond donors (Lipinski definition) is 1. The average molecular weight is 305 g/mol. The van der Waals surface area contributed by atoms with Crippen LogP contribution < -0.4 is 0 Å². The Labute approximate surface area is 127 Å². The molecule has 0 aliphatic rings. The third-order valence-corrected chi connectivity index (χ3v) is 6.83. The quantitative estimate of drug-likeness (QED) is 0.449. The van der Waals surface area contributed by atoms with Crippen molar-refractivity contribution in [1.29, 1.82) is 0 Å². The summed E-state index contributed by atoms with van der Waals surface area (Å²) in [7, 11) is -1.47. The van der Waals surface area contributed by atoms with Gasteiger partial charge in [-0.3, -0.25) is 0 Å². The molecule has 0 amide bonds. The highest BCUT2D eigenvalue weighted by atomic mass is 32.7. The van der Waals surface area contributed by atoms with E-state index in [-0.39, 0.29) is 10.6 Å². The van der Waals surface area contributed by atoms with E-state index in [4.69, 9.17) is 0 Å². The van der Waals surface area contributed by atoms with Gasteiger partial charge in [0.05, 0.1) is 0 Å². The summed E-state index contributed by atoms with van der Waals surface area (Å²) in [4.78, 5) is 0. The highest BCUT2D eigenvalue weighted by Crippen LogP contribution is 2.54. The van der Waals surface area contributed by atoms with Crippen molar-refractivity contribution in [2.75, 3.05) is 0 Å². The van der Waals surface area contributed by atoms with Gasteiger partial charge in [0, 0.05) is 5.92 Å². The Hall–Kier alpha value is 0.450. The zero-order valence-corrected chi connectivity index (χ0v) is 16.2. The Kier molecular flexibility index (Phi) is 6.63. The summed E-state index contributed by atoms with van der Waals surface area (Å²) >= 11 is 4.27. The van der Waals surface area contributed by atoms with Crippen molar-refractivity contribution in [3.63, 3.8) is 0 Å². The summed E-state index contributed by atoms with van der Waals surface area (Å²) < 4.78 is 12.0. The SMILES string of the molecule is CC(CC(C(C)(C)C)C(C)(C)[P+](=O)S)CC(C)(C)C. The second-order valence-corrected chi connectivity index (χ2v) is 11.7. The largest absolute Gasteiger partial charge is 0.413 e. The van der Waals surface area contributed by atoms with Crippen molar-refractivity contribution in [3.05, 3.63) is 0 Å². The molecule has 19 heavy (non-hydrogen) atoms. The van der Waals surface area contributed by atoms with Crippen LogP contribution in [0.1, 0.15) is 75.2 Å². The van der Waals surface area contributed by atoms with Gasteiger partial charge in [-0.05, 0) is 43.4 Å². The number of rotatable bonds is 5. The summed E-state index contributed by atoms with van der Waals surface area (Å²) in [6.07, 6.45) is 2.33. The summed E-state index contributed by atoms with van der Waals surface area (Å²) in [6, 6.07) is 0. The van der Waals surface area contributed by atoms with Crippen LogP contribution in [0.25, 0.3) is 0 Å². The van der Waals surface area contributed by atoms with E-state index in [1.807, 2.05) is 0 Å². The highest BCUT2D eigenvalue weighted by Gasteiger charge is 2.50. The Morgan fingerprint density at radius 1 is 1.00 bits per heavy atom. The minimum atomic E-state index is -1.47. The first-order valence-electron chi connectivity index (χ1n) is 7.34. The van der Waals surface area contributed by atoms with Gasteiger partial charge in [0.1, 0.15) is 12.2 Å². The zero-order chi connectivity index (χ0) is 15.6. The summed E-state index contributed by atoms with van der Waals surface area (Å²) in [5, 5.41) is -0.219. The first kappa shape index (κ1) is 19.4. The second-order valence-electron chi connectivity index (χ2n) is 8.95. The van der Waals surface area contributed by atoms with Crippen LogP contribution in [0.3, 0.4) is 0 Å². The Morgan fingerprint density at radius 3 is 1.68 bits per heavy atom. The maximum atomic E-state index is 12.0. The van der Waals surface area contributed by atoms with Crippen LogP contribution >= 0.6 is 19.3 Å². The van der Waals surface area contributed by atoms with E-state index in [9.17, 15) is 4.57 Å². The van der Waals surface area contributed by atoms with Crippen molar-refractivity contribution in [2.45, 2.75) is 80.3 Å². The van der Waals surface area contributed by atoms with Gasteiger partial charge in [-0.15, -0.1) is 0 Å². The molecule has 0 rings (SSSR count). The molecule has 0 saturated heterocycles. The minimum Gasteiger partial charge on any atom is -0.0625 e. The normalized spacial score (nSPS) is 18.1. The Balaban J connectivity index is 5.07. The first-order valence-corrected chi connectivity index (χ1v) is 9.75. The van der Waals surface area contributed by atoms with Gasteiger partial charge in [0.15, 0.2) is 5.16 Å². The number of thiol groups is 1. The lowest BCUT2D eigenvalue weighted by atomic mass is 9.68. The maximum absolute atomic E-state index is 12.0. The Morgan fingerprint density at radius 2 is 1.42 bits per heavy atom. The van der Waals surface area contributed by atoms with Gasteiger partial charge in [0.25, 0.3) is 0 Å². The molecule has 0 bridgehead atoms. The molecule has 3 unspecified atom stereocenters. The summed E-state index contributed by atoms with van der Waals surface area (Å²) in [6.45, 7) is 20.2. The second kappa shape index (κ2) is 6.48. The fourth-order valence-corrected chi connectivity index (χ4v) is 4.54. The van der Waals surface area contributed by atoms with E-state index < -0.39 is 7.00 Å². The molecule has 0 heterocycles. The average Bonchev–Trinajstić information content (AvgIpc) is 2.08. The lowest BCUT2D eigenvalue weighted by Crippen LogP contribution is -2.38. The molecule has 0 fully saturated rings. The fourth-order valence-electron chi connectivity index (χ4n) is 3.37. The third kappa shape index (κ3) is 6.63. The molecule has 114 valence electrons. The van der Waals surface area contributed by atoms with Crippen molar-refractivity contribution in [3.8, 4) is 0 Å². The van der Waals surface area contributed by atoms with E-state index >= 15 is 0 Å². The van der Waals surface area contributed by atoms with Crippen molar-refractivity contribution in [1.82, 2.24) is 0 Å². The van der Waals surface area contributed by atoms with Crippen LogP contribution in [0.4, 0.5) is 0 Å². The van der Waals surface area contributed by atoms with Crippen LogP contribution in [-0.2, 0) is 4.57 Å². The third-order valence-electron chi connectivity index (χ3n) is 3.99. The predicted molar refractivity (Wildman–Crippen MR) is 91.5 cm³/mol. The first-order chi connectivity index (χ1) is 8.18. The molecule has 3 atom stereocenters. The fraction of sp³-hybridized carbons (Fsp3) is 1.00. The summed E-state index contributed by atoms with van der Waals surface area (Å²) in [5.74, 6) is 1.06. The van der Waals surface area contributed by atoms with Gasteiger partial charge in [-0.1, -0.05) is 53.0 Å². The van der Waals surface area contributed by atoms with Gasteiger partial charge in [0.2, 0.25) is 0 Å². The number of hydrogen-bond acceptors (Lipinski definition) is 1. The topological polar surface area (TPSA) is 17.1 Å². The molecular weight excluding hydrogens is 271 g/mol. The lowest BCUT2D eigenvalue weighted by molar-refractivity contribution is 0.143. The Bertz CT molecular complexity index is 310. The summed E-state index contributed by atoms with van der Waals surface area (Å²) in [5.41, 5.74) is 0.512. The molecule has 0 radical (unpaired) electrons. The zero-order valence-electron chi connectivity index (χ0n) is 14.4. The minimum absolute atomic E-state index is 0.156. The van der Waals surface area contributed by atoms with Gasteiger partial charge in [-0.2, -0.15) is 0 Å². The van der Waals surface area contributed by atoms with Crippen molar-refractivity contribution < 1.29 is 4.57 Å². The van der Waals surface area contributed by atoms with Crippen LogP contribution in [0.15, 0.2) is 0 Å². The molecule has 1 nitrogen and oxygen atoms in total. The van der Waals surface area contributed by atoms with E-state index in [0.29, 0.717) is 17.3 Å². The van der Waals surface area contributed by atoms with Gasteiger partial charge >= 0.3 is 7.00 Å². The molecule has 0 aromatic heterocycles. The lowest BCUT2D eigenvalue weighted by Gasteiger charge is -2.38. The van der Waals surface area contributed by atoms with E-state index in [0.717, 1.165) is 6.42 Å². The molecule has 0 spiro atoms. The predicted octanol–water partition coefficient (Wildman–Crippen LogP) is 6.56. The molecule has 0 N–H and O–H groups in total. The molecular formula is C16H34OPS+. The monoisotopic (exact) mass is 305 g/mol. The molecule has 0 saturated carbocycles. The van der Waals surface area contributed by atoms with Gasteiger partial charge < -0.3 is 0 Å². The van der Waals surface area contributed by atoms with Crippen molar-refractivity contribution in [2.24, 2.45) is 22.7 Å². The molecule has 0 aliphatic heterocycles.